The standard InChI is InChI=1S/C17H23BrN4O4S/c1-7(6-21-9(3)10(18)8(2)20-21)13(23)19-11-14(24)22-12(16(25)26)17(4,5)27-15(11)22/h7,11-12,15H,6H2,1-5H3,(H,19,23)(H,25,26)/t7-,11+,12+,15+/m0/s1. The number of fused-ring (bicyclic) bond motifs is 1. The number of nitrogens with zero attached hydrogens (tertiary/aromatic N) is 3. The fraction of sp³-hybridized carbons (Fsp3) is 0.647. The fourth-order valence-corrected chi connectivity index (χ4v) is 5.55. The molecule has 0 bridgehead atoms. The van der Waals surface area contributed by atoms with Crippen LogP contribution in [0.15, 0.2) is 4.47 Å². The summed E-state index contributed by atoms with van der Waals surface area (Å²) < 4.78 is 2.09. The van der Waals surface area contributed by atoms with Gasteiger partial charge in [-0.15, -0.1) is 11.8 Å². The van der Waals surface area contributed by atoms with Gasteiger partial charge in [-0.1, -0.05) is 6.92 Å². The van der Waals surface area contributed by atoms with Gasteiger partial charge in [-0.05, 0) is 43.6 Å². The monoisotopic (exact) mass is 458 g/mol. The largest absolute Gasteiger partial charge is 0.480 e. The molecule has 2 aliphatic rings. The second-order valence-electron chi connectivity index (χ2n) is 7.65. The number of amides is 2. The van der Waals surface area contributed by atoms with Crippen molar-refractivity contribution in [1.29, 1.82) is 0 Å². The molecule has 2 N–H and O–H groups in total. The average Bonchev–Trinajstić information content (AvgIpc) is 2.97. The maximum Gasteiger partial charge on any atom is 0.327 e. The van der Waals surface area contributed by atoms with E-state index in [2.05, 4.69) is 26.3 Å². The van der Waals surface area contributed by atoms with Crippen LogP contribution in [0.3, 0.4) is 0 Å². The molecule has 0 radical (unpaired) electrons. The van der Waals surface area contributed by atoms with Crippen molar-refractivity contribution in [1.82, 2.24) is 20.0 Å². The maximum absolute atomic E-state index is 12.6. The van der Waals surface area contributed by atoms with Crippen LogP contribution in [0.2, 0.25) is 0 Å². The molecule has 27 heavy (non-hydrogen) atoms. The number of carboxylic acids is 1. The number of hydrogen-bond acceptors (Lipinski definition) is 5. The zero-order valence-corrected chi connectivity index (χ0v) is 18.2. The Hall–Kier alpha value is -1.55. The lowest BCUT2D eigenvalue weighted by molar-refractivity contribution is -0.161. The van der Waals surface area contributed by atoms with Gasteiger partial charge < -0.3 is 15.3 Å². The first-order chi connectivity index (χ1) is 12.5. The van der Waals surface area contributed by atoms with Crippen LogP contribution in [0, 0.1) is 19.8 Å². The first-order valence-electron chi connectivity index (χ1n) is 8.68. The minimum absolute atomic E-state index is 0.242. The number of aromatic nitrogens is 2. The average molecular weight is 459 g/mol. The maximum atomic E-state index is 12.6. The van der Waals surface area contributed by atoms with E-state index in [0.29, 0.717) is 6.54 Å². The molecule has 0 unspecified atom stereocenters. The lowest BCUT2D eigenvalue weighted by Gasteiger charge is -2.43. The number of carbonyl (C=O) groups excluding carboxylic acids is 2. The highest BCUT2D eigenvalue weighted by molar-refractivity contribution is 9.10. The Balaban J connectivity index is 1.66. The number of halogens is 1. The minimum atomic E-state index is -1.02. The van der Waals surface area contributed by atoms with Gasteiger partial charge in [-0.25, -0.2) is 4.79 Å². The first-order valence-corrected chi connectivity index (χ1v) is 10.4. The number of nitrogens with one attached hydrogen (secondary N) is 1. The number of aryl methyl sites for hydroxylation is 1. The summed E-state index contributed by atoms with van der Waals surface area (Å²) >= 11 is 4.89. The number of carboxylic acid groups (broad SMARTS) is 1. The van der Waals surface area contributed by atoms with Crippen LogP contribution in [0.4, 0.5) is 0 Å². The lowest BCUT2D eigenvalue weighted by atomic mass is 9.95. The van der Waals surface area contributed by atoms with Gasteiger partial charge in [0.2, 0.25) is 11.8 Å². The van der Waals surface area contributed by atoms with Crippen molar-refractivity contribution in [2.75, 3.05) is 0 Å². The van der Waals surface area contributed by atoms with Crippen molar-refractivity contribution in [2.24, 2.45) is 5.92 Å². The van der Waals surface area contributed by atoms with Crippen LogP contribution in [0.1, 0.15) is 32.2 Å². The van der Waals surface area contributed by atoms with Gasteiger partial charge in [0.25, 0.3) is 0 Å². The third kappa shape index (κ3) is 3.26. The van der Waals surface area contributed by atoms with Crippen LogP contribution < -0.4 is 5.32 Å². The summed E-state index contributed by atoms with van der Waals surface area (Å²) in [4.78, 5) is 38.0. The predicted molar refractivity (Wildman–Crippen MR) is 104 cm³/mol. The molecule has 3 rings (SSSR count). The van der Waals surface area contributed by atoms with Crippen molar-refractivity contribution in [3.05, 3.63) is 15.9 Å². The molecular weight excluding hydrogens is 436 g/mol. The Labute approximate surface area is 170 Å². The van der Waals surface area contributed by atoms with Crippen LogP contribution in [0.5, 0.6) is 0 Å². The molecule has 148 valence electrons. The molecule has 2 aliphatic heterocycles. The summed E-state index contributed by atoms with van der Waals surface area (Å²) in [6.07, 6.45) is 0. The van der Waals surface area contributed by atoms with Crippen LogP contribution in [0.25, 0.3) is 0 Å². The molecule has 2 saturated heterocycles. The van der Waals surface area contributed by atoms with E-state index in [1.165, 1.54) is 16.7 Å². The molecule has 0 aromatic carbocycles. The van der Waals surface area contributed by atoms with Gasteiger partial charge >= 0.3 is 5.97 Å². The number of rotatable bonds is 5. The molecule has 0 spiro atoms. The molecule has 2 amide bonds. The van der Waals surface area contributed by atoms with E-state index >= 15 is 0 Å². The van der Waals surface area contributed by atoms with E-state index in [1.54, 1.807) is 11.6 Å². The highest BCUT2D eigenvalue weighted by atomic mass is 79.9. The Bertz CT molecular complexity index is 824. The third-order valence-corrected chi connectivity index (χ3v) is 7.88. The van der Waals surface area contributed by atoms with Gasteiger partial charge in [-0.2, -0.15) is 5.10 Å². The molecule has 1 aromatic heterocycles. The Kier molecular flexibility index (Phi) is 5.09. The molecule has 1 aromatic rings. The molecule has 10 heteroatoms. The van der Waals surface area contributed by atoms with Crippen molar-refractivity contribution < 1.29 is 19.5 Å². The van der Waals surface area contributed by atoms with Crippen molar-refractivity contribution in [2.45, 2.75) is 63.4 Å². The molecule has 0 saturated carbocycles. The van der Waals surface area contributed by atoms with Crippen molar-refractivity contribution >= 4 is 45.5 Å². The van der Waals surface area contributed by atoms with Crippen LogP contribution in [-0.4, -0.2) is 59.8 Å². The number of thioether (sulfide) groups is 1. The Morgan fingerprint density at radius 3 is 2.56 bits per heavy atom. The van der Waals surface area contributed by atoms with E-state index in [0.717, 1.165) is 15.9 Å². The van der Waals surface area contributed by atoms with Crippen molar-refractivity contribution in [3.8, 4) is 0 Å². The summed E-state index contributed by atoms with van der Waals surface area (Å²) in [6.45, 7) is 9.61. The van der Waals surface area contributed by atoms with E-state index in [9.17, 15) is 19.5 Å². The predicted octanol–water partition coefficient (Wildman–Crippen LogP) is 1.53. The summed E-state index contributed by atoms with van der Waals surface area (Å²) in [5.41, 5.74) is 1.80. The summed E-state index contributed by atoms with van der Waals surface area (Å²) in [5.74, 6) is -1.98. The summed E-state index contributed by atoms with van der Waals surface area (Å²) in [6, 6.07) is -1.56. The second kappa shape index (κ2) is 6.80. The van der Waals surface area contributed by atoms with E-state index in [4.69, 9.17) is 0 Å². The Morgan fingerprint density at radius 1 is 1.41 bits per heavy atom. The second-order valence-corrected chi connectivity index (χ2v) is 10.2. The van der Waals surface area contributed by atoms with Crippen LogP contribution >= 0.6 is 27.7 Å². The molecule has 0 aliphatic carbocycles. The highest BCUT2D eigenvalue weighted by Crippen LogP contribution is 2.50. The van der Waals surface area contributed by atoms with Gasteiger partial charge in [0.1, 0.15) is 17.5 Å². The first kappa shape index (κ1) is 20.2. The van der Waals surface area contributed by atoms with E-state index in [-0.39, 0.29) is 23.1 Å². The molecule has 8 nitrogen and oxygen atoms in total. The van der Waals surface area contributed by atoms with E-state index < -0.39 is 22.8 Å². The lowest BCUT2D eigenvalue weighted by Crippen LogP contribution is -2.71. The molecular formula is C17H23BrN4O4S. The topological polar surface area (TPSA) is 105 Å². The quantitative estimate of drug-likeness (QED) is 0.648. The smallest absolute Gasteiger partial charge is 0.327 e. The number of carbonyl (C=O) groups is 3. The zero-order chi connectivity index (χ0) is 20.3. The number of hydrogen-bond donors (Lipinski definition) is 2. The normalized spacial score (nSPS) is 27.1. The van der Waals surface area contributed by atoms with Gasteiger partial charge in [0.05, 0.1) is 22.6 Å². The SMILES string of the molecule is Cc1nn(C[C@H](C)C(=O)N[C@@H]2C(=O)N3[C@@H]2SC(C)(C)[C@H]3C(=O)O)c(C)c1Br. The number of β-lactam (4-membered cyclic amide) rings is 1. The number of aliphatic carboxylic acids is 1. The third-order valence-electron chi connectivity index (χ3n) is 5.16. The van der Waals surface area contributed by atoms with Gasteiger partial charge in [-0.3, -0.25) is 14.3 Å². The molecule has 4 atom stereocenters. The minimum Gasteiger partial charge on any atom is -0.480 e. The van der Waals surface area contributed by atoms with E-state index in [1.807, 2.05) is 27.7 Å². The summed E-state index contributed by atoms with van der Waals surface area (Å²) in [5, 5.41) is 16.3. The molecule has 2 fully saturated rings. The highest BCUT2D eigenvalue weighted by Gasteiger charge is 2.64. The van der Waals surface area contributed by atoms with Gasteiger partial charge in [0.15, 0.2) is 0 Å². The van der Waals surface area contributed by atoms with Crippen LogP contribution in [-0.2, 0) is 20.9 Å². The molecule has 3 heterocycles. The Morgan fingerprint density at radius 2 is 2.04 bits per heavy atom. The van der Waals surface area contributed by atoms with Gasteiger partial charge in [0, 0.05) is 10.4 Å². The summed E-state index contributed by atoms with van der Waals surface area (Å²) in [7, 11) is 0. The zero-order valence-electron chi connectivity index (χ0n) is 15.8. The van der Waals surface area contributed by atoms with Crippen molar-refractivity contribution in [3.63, 3.8) is 0 Å². The fourth-order valence-electron chi connectivity index (χ4n) is 3.64.